The van der Waals surface area contributed by atoms with E-state index in [2.05, 4.69) is 4.98 Å². The van der Waals surface area contributed by atoms with Crippen LogP contribution in [-0.2, 0) is 17.9 Å². The molecule has 0 atom stereocenters. The Balaban J connectivity index is 1.65. The predicted octanol–water partition coefficient (Wildman–Crippen LogP) is 2.05. The van der Waals surface area contributed by atoms with Crippen LogP contribution in [0.4, 0.5) is 11.5 Å². The lowest BCUT2D eigenvalue weighted by molar-refractivity contribution is -0.120. The van der Waals surface area contributed by atoms with Crippen molar-refractivity contribution < 1.29 is 9.53 Å². The minimum Gasteiger partial charge on any atom is -0.492 e. The number of para-hydroxylation sites is 1. The summed E-state index contributed by atoms with van der Waals surface area (Å²) in [5.74, 6) is 0.594. The molecule has 0 unspecified atom stereocenters. The first-order valence-electron chi connectivity index (χ1n) is 11.7. The minimum absolute atomic E-state index is 0.00528. The molecule has 0 spiro atoms. The summed E-state index contributed by atoms with van der Waals surface area (Å²) in [5, 5.41) is 0. The predicted molar refractivity (Wildman–Crippen MR) is 136 cm³/mol. The van der Waals surface area contributed by atoms with Crippen LogP contribution in [0, 0.1) is 5.92 Å². The molecule has 35 heavy (non-hydrogen) atoms. The number of carbonyl (C=O) groups excluding carboxylic acids is 1. The van der Waals surface area contributed by atoms with E-state index in [1.54, 1.807) is 0 Å². The number of rotatable bonds is 7. The lowest BCUT2D eigenvalue weighted by atomic mass is 10.1. The van der Waals surface area contributed by atoms with Crippen molar-refractivity contribution >= 4 is 17.4 Å². The number of hydrogen-bond acceptors (Lipinski definition) is 6. The number of anilines is 2. The molecule has 1 aliphatic rings. The van der Waals surface area contributed by atoms with Gasteiger partial charge in [-0.3, -0.25) is 24.0 Å². The van der Waals surface area contributed by atoms with Crippen molar-refractivity contribution in [1.29, 1.82) is 0 Å². The largest absolute Gasteiger partial charge is 0.492 e. The number of aromatic nitrogens is 2. The summed E-state index contributed by atoms with van der Waals surface area (Å²) in [4.78, 5) is 44.9. The number of carbonyl (C=O) groups is 1. The zero-order valence-electron chi connectivity index (χ0n) is 20.1. The van der Waals surface area contributed by atoms with E-state index in [1.807, 2.05) is 73.3 Å². The molecule has 1 aromatic heterocycles. The molecule has 0 saturated carbocycles. The summed E-state index contributed by atoms with van der Waals surface area (Å²) < 4.78 is 7.11. The number of nitrogen functional groups attached to an aromatic ring is 1. The maximum absolute atomic E-state index is 13.6. The Kier molecular flexibility index (Phi) is 7.36. The fourth-order valence-corrected chi connectivity index (χ4v) is 4.24. The van der Waals surface area contributed by atoms with Crippen molar-refractivity contribution in [2.75, 3.05) is 36.9 Å². The van der Waals surface area contributed by atoms with E-state index in [1.165, 1.54) is 9.47 Å². The molecule has 0 bridgehead atoms. The number of H-pyrrole nitrogens is 1. The molecular formula is C26H31N5O4. The highest BCUT2D eigenvalue weighted by Gasteiger charge is 2.27. The number of ether oxygens (including phenoxy) is 1. The van der Waals surface area contributed by atoms with Crippen LogP contribution in [0.25, 0.3) is 0 Å². The lowest BCUT2D eigenvalue weighted by Crippen LogP contribution is -2.46. The maximum Gasteiger partial charge on any atom is 0.330 e. The number of amides is 1. The van der Waals surface area contributed by atoms with Gasteiger partial charge in [-0.15, -0.1) is 0 Å². The van der Waals surface area contributed by atoms with E-state index in [4.69, 9.17) is 10.5 Å². The molecule has 0 aliphatic carbocycles. The van der Waals surface area contributed by atoms with E-state index in [-0.39, 0.29) is 43.0 Å². The van der Waals surface area contributed by atoms with Crippen molar-refractivity contribution in [1.82, 2.24) is 14.5 Å². The number of nitrogens with zero attached hydrogens (tertiary/aromatic N) is 3. The molecular weight excluding hydrogens is 446 g/mol. The van der Waals surface area contributed by atoms with Gasteiger partial charge in [-0.05, 0) is 17.5 Å². The number of fused-ring (bicyclic) bond motifs is 1. The van der Waals surface area contributed by atoms with Gasteiger partial charge in [0.1, 0.15) is 18.2 Å². The first-order chi connectivity index (χ1) is 16.8. The van der Waals surface area contributed by atoms with Crippen LogP contribution in [0.1, 0.15) is 25.0 Å². The highest BCUT2D eigenvalue weighted by Crippen LogP contribution is 2.24. The third kappa shape index (κ3) is 5.63. The molecule has 9 nitrogen and oxygen atoms in total. The van der Waals surface area contributed by atoms with Crippen molar-refractivity contribution in [3.63, 3.8) is 0 Å². The van der Waals surface area contributed by atoms with Crippen LogP contribution in [0.5, 0.6) is 5.75 Å². The molecule has 0 radical (unpaired) electrons. The van der Waals surface area contributed by atoms with Gasteiger partial charge >= 0.3 is 5.69 Å². The number of aromatic amines is 1. The minimum atomic E-state index is -0.671. The van der Waals surface area contributed by atoms with E-state index in [0.29, 0.717) is 19.7 Å². The Morgan fingerprint density at radius 3 is 2.57 bits per heavy atom. The number of hydrogen-bond donors (Lipinski definition) is 2. The molecule has 1 amide bonds. The number of nitrogens with two attached hydrogens (primary N) is 1. The monoisotopic (exact) mass is 477 g/mol. The zero-order valence-corrected chi connectivity index (χ0v) is 20.1. The maximum atomic E-state index is 13.6. The van der Waals surface area contributed by atoms with Crippen LogP contribution in [0.15, 0.2) is 64.2 Å². The SMILES string of the molecule is CC(C)CN(C(=O)CN1CCOc2ccccc2C1)c1c(N)n(Cc2ccccc2)c(=O)[nH]c1=O. The molecule has 2 aromatic carbocycles. The average Bonchev–Trinajstić information content (AvgIpc) is 3.03. The molecule has 0 fully saturated rings. The van der Waals surface area contributed by atoms with E-state index in [0.717, 1.165) is 16.9 Å². The summed E-state index contributed by atoms with van der Waals surface area (Å²) in [6.07, 6.45) is 0. The van der Waals surface area contributed by atoms with Gasteiger partial charge in [-0.1, -0.05) is 62.4 Å². The van der Waals surface area contributed by atoms with Gasteiger partial charge in [0.05, 0.1) is 13.1 Å². The molecule has 1 aliphatic heterocycles. The number of nitrogens with one attached hydrogen (secondary N) is 1. The zero-order chi connectivity index (χ0) is 24.9. The van der Waals surface area contributed by atoms with Crippen molar-refractivity contribution in [3.8, 4) is 5.75 Å². The Morgan fingerprint density at radius 1 is 1.11 bits per heavy atom. The summed E-state index contributed by atoms with van der Waals surface area (Å²) in [6, 6.07) is 17.1. The van der Waals surface area contributed by atoms with Crippen molar-refractivity contribution in [2.45, 2.75) is 26.9 Å². The summed E-state index contributed by atoms with van der Waals surface area (Å²) >= 11 is 0. The summed E-state index contributed by atoms with van der Waals surface area (Å²) in [7, 11) is 0. The third-order valence-electron chi connectivity index (χ3n) is 5.91. The van der Waals surface area contributed by atoms with Gasteiger partial charge in [0.15, 0.2) is 5.69 Å². The molecule has 184 valence electrons. The summed E-state index contributed by atoms with van der Waals surface area (Å²) in [5.41, 5.74) is 6.96. The van der Waals surface area contributed by atoms with Crippen molar-refractivity contribution in [3.05, 3.63) is 86.6 Å². The third-order valence-corrected chi connectivity index (χ3v) is 5.91. The smallest absolute Gasteiger partial charge is 0.330 e. The summed E-state index contributed by atoms with van der Waals surface area (Å²) in [6.45, 7) is 6.05. The van der Waals surface area contributed by atoms with Crippen molar-refractivity contribution in [2.24, 2.45) is 5.92 Å². The molecule has 3 N–H and O–H groups in total. The fraction of sp³-hybridized carbons (Fsp3) is 0.346. The normalized spacial score (nSPS) is 13.7. The Morgan fingerprint density at radius 2 is 1.83 bits per heavy atom. The first-order valence-corrected chi connectivity index (χ1v) is 11.7. The fourth-order valence-electron chi connectivity index (χ4n) is 4.24. The standard InChI is InChI=1S/C26H31N5O4/c1-18(2)14-30(22(32)17-29-12-13-35-21-11-7-6-10-20(21)16-29)23-24(27)31(26(34)28-25(23)33)15-19-8-4-3-5-9-19/h3-11,18H,12-17,27H2,1-2H3,(H,28,33,34). The lowest BCUT2D eigenvalue weighted by Gasteiger charge is -2.28. The van der Waals surface area contributed by atoms with Gasteiger partial charge in [0.25, 0.3) is 5.56 Å². The number of benzene rings is 2. The second-order valence-electron chi connectivity index (χ2n) is 9.13. The second kappa shape index (κ2) is 10.6. The molecule has 9 heteroatoms. The van der Waals surface area contributed by atoms with E-state index in [9.17, 15) is 14.4 Å². The molecule has 0 saturated heterocycles. The highest BCUT2D eigenvalue weighted by molar-refractivity contribution is 5.96. The topological polar surface area (TPSA) is 114 Å². The van der Waals surface area contributed by atoms with Crippen LogP contribution in [-0.4, -0.2) is 46.6 Å². The molecule has 4 rings (SSSR count). The van der Waals surface area contributed by atoms with Gasteiger partial charge in [0, 0.05) is 25.2 Å². The molecule has 3 aromatic rings. The van der Waals surface area contributed by atoms with Gasteiger partial charge in [-0.2, -0.15) is 0 Å². The molecule has 2 heterocycles. The Hall–Kier alpha value is -3.85. The van der Waals surface area contributed by atoms with Crippen LogP contribution < -0.4 is 26.6 Å². The highest BCUT2D eigenvalue weighted by atomic mass is 16.5. The Labute approximate surface area is 203 Å². The van der Waals surface area contributed by atoms with Crippen LogP contribution >= 0.6 is 0 Å². The quantitative estimate of drug-likeness (QED) is 0.539. The van der Waals surface area contributed by atoms with Crippen LogP contribution in [0.3, 0.4) is 0 Å². The Bertz CT molecular complexity index is 1300. The van der Waals surface area contributed by atoms with Gasteiger partial charge in [-0.25, -0.2) is 4.79 Å². The van der Waals surface area contributed by atoms with Gasteiger partial charge < -0.3 is 15.4 Å². The second-order valence-corrected chi connectivity index (χ2v) is 9.13. The van der Waals surface area contributed by atoms with E-state index >= 15 is 0 Å². The van der Waals surface area contributed by atoms with Gasteiger partial charge in [0.2, 0.25) is 5.91 Å². The average molecular weight is 478 g/mol. The first kappa shape index (κ1) is 24.3. The van der Waals surface area contributed by atoms with Crippen LogP contribution in [0.2, 0.25) is 0 Å². The van der Waals surface area contributed by atoms with E-state index < -0.39 is 11.2 Å².